The number of hydrogen-bond acceptors (Lipinski definition) is 3. The van der Waals surface area contributed by atoms with Gasteiger partial charge in [0.05, 0.1) is 0 Å². The van der Waals surface area contributed by atoms with Crippen molar-refractivity contribution in [2.75, 3.05) is 39.3 Å². The Morgan fingerprint density at radius 2 is 2.10 bits per heavy atom. The van der Waals surface area contributed by atoms with Gasteiger partial charge in [0.1, 0.15) is 0 Å². The summed E-state index contributed by atoms with van der Waals surface area (Å²) >= 11 is 2.22. The van der Waals surface area contributed by atoms with E-state index < -0.39 is 0 Å². The lowest BCUT2D eigenvalue weighted by Crippen LogP contribution is -2.44. The minimum atomic E-state index is 0. The van der Waals surface area contributed by atoms with Crippen LogP contribution in [0.1, 0.15) is 16.8 Å². The van der Waals surface area contributed by atoms with Crippen LogP contribution in [0.25, 0.3) is 0 Å². The molecule has 112 valence electrons. The van der Waals surface area contributed by atoms with Gasteiger partial charge in [-0.1, -0.05) is 6.07 Å². The summed E-state index contributed by atoms with van der Waals surface area (Å²) in [6.45, 7) is 6.20. The van der Waals surface area contributed by atoms with Crippen molar-refractivity contribution in [3.63, 3.8) is 0 Å². The molecule has 1 amide bonds. The van der Waals surface area contributed by atoms with Crippen LogP contribution in [0.2, 0.25) is 0 Å². The van der Waals surface area contributed by atoms with Crippen molar-refractivity contribution in [1.82, 2.24) is 15.5 Å². The van der Waals surface area contributed by atoms with Crippen LogP contribution in [-0.4, -0.2) is 50.1 Å². The van der Waals surface area contributed by atoms with E-state index in [1.54, 1.807) is 0 Å². The molecule has 6 heteroatoms. The number of carbonyl (C=O) groups is 1. The van der Waals surface area contributed by atoms with Crippen LogP contribution in [0.15, 0.2) is 24.3 Å². The van der Waals surface area contributed by atoms with E-state index in [-0.39, 0.29) is 18.3 Å². The van der Waals surface area contributed by atoms with Gasteiger partial charge in [0.2, 0.25) is 0 Å². The fourth-order valence-electron chi connectivity index (χ4n) is 2.17. The van der Waals surface area contributed by atoms with Gasteiger partial charge in [-0.05, 0) is 53.8 Å². The van der Waals surface area contributed by atoms with Crippen molar-refractivity contribution < 1.29 is 4.79 Å². The zero-order chi connectivity index (χ0) is 13.5. The van der Waals surface area contributed by atoms with Crippen LogP contribution in [0.5, 0.6) is 0 Å². The number of nitrogens with one attached hydrogen (secondary N) is 2. The van der Waals surface area contributed by atoms with E-state index in [0.717, 1.165) is 54.8 Å². The van der Waals surface area contributed by atoms with Crippen LogP contribution in [0.4, 0.5) is 0 Å². The van der Waals surface area contributed by atoms with Crippen LogP contribution in [0, 0.1) is 3.57 Å². The first-order valence-electron chi connectivity index (χ1n) is 6.72. The van der Waals surface area contributed by atoms with Crippen molar-refractivity contribution in [2.24, 2.45) is 0 Å². The van der Waals surface area contributed by atoms with Gasteiger partial charge in [0, 0.05) is 41.9 Å². The summed E-state index contributed by atoms with van der Waals surface area (Å²) in [6, 6.07) is 7.67. The Morgan fingerprint density at radius 3 is 2.80 bits per heavy atom. The lowest BCUT2D eigenvalue weighted by atomic mass is 10.2. The molecular formula is C14H21ClIN3O. The highest BCUT2D eigenvalue weighted by atomic mass is 127. The van der Waals surface area contributed by atoms with E-state index in [4.69, 9.17) is 0 Å². The molecule has 0 bridgehead atoms. The molecule has 0 radical (unpaired) electrons. The minimum Gasteiger partial charge on any atom is -0.352 e. The molecule has 0 spiro atoms. The molecule has 1 aromatic rings. The fraction of sp³-hybridized carbons (Fsp3) is 0.500. The van der Waals surface area contributed by atoms with Gasteiger partial charge < -0.3 is 15.5 Å². The molecule has 2 N–H and O–H groups in total. The second-order valence-electron chi connectivity index (χ2n) is 4.71. The van der Waals surface area contributed by atoms with E-state index in [0.29, 0.717) is 0 Å². The van der Waals surface area contributed by atoms with Gasteiger partial charge in [0.25, 0.3) is 5.91 Å². The van der Waals surface area contributed by atoms with Gasteiger partial charge in [0.15, 0.2) is 0 Å². The average molecular weight is 410 g/mol. The number of carbonyl (C=O) groups excluding carboxylic acids is 1. The number of amides is 1. The van der Waals surface area contributed by atoms with Gasteiger partial charge in [-0.3, -0.25) is 4.79 Å². The third-order valence-electron chi connectivity index (χ3n) is 3.23. The Bertz CT molecular complexity index is 425. The topological polar surface area (TPSA) is 44.4 Å². The average Bonchev–Trinajstić information content (AvgIpc) is 2.44. The summed E-state index contributed by atoms with van der Waals surface area (Å²) in [4.78, 5) is 14.3. The summed E-state index contributed by atoms with van der Waals surface area (Å²) in [5.41, 5.74) is 0.745. The number of piperazine rings is 1. The number of benzene rings is 1. The molecular weight excluding hydrogens is 389 g/mol. The molecule has 1 aromatic carbocycles. The lowest BCUT2D eigenvalue weighted by molar-refractivity contribution is 0.0951. The normalized spacial score (nSPS) is 15.4. The zero-order valence-corrected chi connectivity index (χ0v) is 14.4. The van der Waals surface area contributed by atoms with Crippen molar-refractivity contribution in [1.29, 1.82) is 0 Å². The Labute approximate surface area is 140 Å². The smallest absolute Gasteiger partial charge is 0.251 e. The highest BCUT2D eigenvalue weighted by Gasteiger charge is 2.09. The van der Waals surface area contributed by atoms with E-state index in [2.05, 4.69) is 38.1 Å². The number of hydrogen-bond donors (Lipinski definition) is 2. The number of rotatable bonds is 5. The molecule has 1 aliphatic rings. The quantitative estimate of drug-likeness (QED) is 0.575. The molecule has 0 atom stereocenters. The molecule has 4 nitrogen and oxygen atoms in total. The van der Waals surface area contributed by atoms with Crippen LogP contribution in [-0.2, 0) is 0 Å². The lowest BCUT2D eigenvalue weighted by Gasteiger charge is -2.27. The SMILES string of the molecule is Cl.O=C(NCCCN1CCNCC1)c1cccc(I)c1. The Balaban J connectivity index is 0.00000200. The van der Waals surface area contributed by atoms with E-state index in [1.807, 2.05) is 24.3 Å². The fourth-order valence-corrected chi connectivity index (χ4v) is 2.71. The molecule has 1 fully saturated rings. The zero-order valence-electron chi connectivity index (χ0n) is 11.4. The molecule has 1 aliphatic heterocycles. The van der Waals surface area contributed by atoms with Crippen molar-refractivity contribution in [2.45, 2.75) is 6.42 Å². The summed E-state index contributed by atoms with van der Waals surface area (Å²) < 4.78 is 1.09. The molecule has 2 rings (SSSR count). The van der Waals surface area contributed by atoms with Gasteiger partial charge in [-0.15, -0.1) is 12.4 Å². The minimum absolute atomic E-state index is 0. The van der Waals surface area contributed by atoms with Gasteiger partial charge >= 0.3 is 0 Å². The van der Waals surface area contributed by atoms with Crippen LogP contribution < -0.4 is 10.6 Å². The first-order valence-corrected chi connectivity index (χ1v) is 7.80. The first-order chi connectivity index (χ1) is 9.25. The number of nitrogens with zero attached hydrogens (tertiary/aromatic N) is 1. The molecule has 0 saturated carbocycles. The third kappa shape index (κ3) is 5.95. The highest BCUT2D eigenvalue weighted by Crippen LogP contribution is 2.07. The van der Waals surface area contributed by atoms with E-state index >= 15 is 0 Å². The van der Waals surface area contributed by atoms with E-state index in [1.165, 1.54) is 0 Å². The van der Waals surface area contributed by atoms with E-state index in [9.17, 15) is 4.79 Å². The maximum atomic E-state index is 11.9. The number of halogens is 2. The van der Waals surface area contributed by atoms with Gasteiger partial charge in [-0.25, -0.2) is 0 Å². The molecule has 0 aliphatic carbocycles. The van der Waals surface area contributed by atoms with Crippen LogP contribution >= 0.6 is 35.0 Å². The van der Waals surface area contributed by atoms with Gasteiger partial charge in [-0.2, -0.15) is 0 Å². The Morgan fingerprint density at radius 1 is 1.35 bits per heavy atom. The molecule has 0 aromatic heterocycles. The molecule has 1 heterocycles. The predicted octanol–water partition coefficient (Wildman–Crippen LogP) is 1.74. The van der Waals surface area contributed by atoms with Crippen LogP contribution in [0.3, 0.4) is 0 Å². The second kappa shape index (κ2) is 9.55. The first kappa shape index (κ1) is 17.7. The molecule has 0 unspecified atom stereocenters. The summed E-state index contributed by atoms with van der Waals surface area (Å²) in [6.07, 6.45) is 1.01. The van der Waals surface area contributed by atoms with Crippen molar-refractivity contribution >= 4 is 40.9 Å². The largest absolute Gasteiger partial charge is 0.352 e. The molecule has 1 saturated heterocycles. The third-order valence-corrected chi connectivity index (χ3v) is 3.90. The highest BCUT2D eigenvalue weighted by molar-refractivity contribution is 14.1. The molecule has 20 heavy (non-hydrogen) atoms. The maximum absolute atomic E-state index is 11.9. The van der Waals surface area contributed by atoms with Crippen molar-refractivity contribution in [3.8, 4) is 0 Å². The standard InChI is InChI=1S/C14H20IN3O.ClH/c15-13-4-1-3-12(11-13)14(19)17-5-2-8-18-9-6-16-7-10-18;/h1,3-4,11,16H,2,5-10H2,(H,17,19);1H. The predicted molar refractivity (Wildman–Crippen MR) is 92.7 cm³/mol. The second-order valence-corrected chi connectivity index (χ2v) is 5.96. The summed E-state index contributed by atoms with van der Waals surface area (Å²) in [5, 5.41) is 6.32. The summed E-state index contributed by atoms with van der Waals surface area (Å²) in [5.74, 6) is 0.0267. The van der Waals surface area contributed by atoms with Crippen molar-refractivity contribution in [3.05, 3.63) is 33.4 Å². The Kier molecular flexibility index (Phi) is 8.44. The summed E-state index contributed by atoms with van der Waals surface area (Å²) in [7, 11) is 0. The Hall–Kier alpha value is -0.370. The maximum Gasteiger partial charge on any atom is 0.251 e. The monoisotopic (exact) mass is 409 g/mol.